The van der Waals surface area contributed by atoms with Gasteiger partial charge >= 0.3 is 10.6 Å². The first-order valence-corrected chi connectivity index (χ1v) is 11.9. The molecule has 6 rings (SSSR count). The molecule has 0 N–H and O–H groups in total. The number of hydrogen-bond donors (Lipinski definition) is 0. The first-order valence-electron chi connectivity index (χ1n) is 11.0. The predicted molar refractivity (Wildman–Crippen MR) is 135 cm³/mol. The minimum absolute atomic E-state index is 0.0103. The third-order valence-corrected chi connectivity index (χ3v) is 6.82. The summed E-state index contributed by atoms with van der Waals surface area (Å²) in [5.74, 6) is 0. The molecule has 2 unspecified atom stereocenters. The highest BCUT2D eigenvalue weighted by Gasteiger charge is 2.25. The monoisotopic (exact) mass is 493 g/mol. The molecule has 4 heterocycles. The van der Waals surface area contributed by atoms with Gasteiger partial charge in [-0.2, -0.15) is 0 Å². The number of hydrogen-bond acceptors (Lipinski definition) is 8. The van der Waals surface area contributed by atoms with Crippen molar-refractivity contribution < 1.29 is 9.68 Å². The van der Waals surface area contributed by atoms with E-state index < -0.39 is 11.9 Å². The van der Waals surface area contributed by atoms with Crippen LogP contribution in [0.15, 0.2) is 73.2 Å². The van der Waals surface area contributed by atoms with Crippen molar-refractivity contribution in [2.75, 3.05) is 0 Å². The van der Waals surface area contributed by atoms with E-state index in [9.17, 15) is 14.4 Å². The lowest BCUT2D eigenvalue weighted by atomic mass is 10.2. The van der Waals surface area contributed by atoms with Crippen LogP contribution in [-0.4, -0.2) is 25.1 Å². The maximum atomic E-state index is 12.3. The second kappa shape index (κ2) is 8.99. The summed E-state index contributed by atoms with van der Waals surface area (Å²) in [6, 6.07) is 14.7. The molecule has 2 aromatic heterocycles. The highest BCUT2D eigenvalue weighted by Crippen LogP contribution is 2.26. The fourth-order valence-electron chi connectivity index (χ4n) is 4.16. The molecule has 10 nitrogen and oxygen atoms in total. The van der Waals surface area contributed by atoms with Crippen LogP contribution in [-0.2, 0) is 16.7 Å². The third kappa shape index (κ3) is 4.08. The summed E-state index contributed by atoms with van der Waals surface area (Å²) in [4.78, 5) is 46.8. The van der Waals surface area contributed by atoms with Gasteiger partial charge in [-0.3, -0.25) is 23.3 Å². The van der Waals surface area contributed by atoms with Crippen LogP contribution in [0.2, 0.25) is 0 Å². The number of oxime groups is 2. The summed E-state index contributed by atoms with van der Waals surface area (Å²) in [6.07, 6.45) is 0.468. The van der Waals surface area contributed by atoms with Crippen LogP contribution in [0.1, 0.15) is 39.1 Å². The molecule has 2 aliphatic rings. The number of benzene rings is 2. The third-order valence-electron chi connectivity index (χ3n) is 5.89. The van der Waals surface area contributed by atoms with E-state index in [1.54, 1.807) is 28.8 Å². The van der Waals surface area contributed by atoms with Gasteiger partial charge in [0.25, 0.3) is 5.56 Å². The summed E-state index contributed by atoms with van der Waals surface area (Å²) >= 11 is 1.24. The highest BCUT2D eigenvalue weighted by molar-refractivity contribution is 7.16. The Hall–Kier alpha value is -3.99. The lowest BCUT2D eigenvalue weighted by molar-refractivity contribution is 0.0313. The highest BCUT2D eigenvalue weighted by atomic mass is 32.1. The van der Waals surface area contributed by atoms with Crippen LogP contribution >= 0.6 is 11.3 Å². The number of rotatable bonds is 2. The molecule has 2 aliphatic heterocycles. The molecule has 180 valence electrons. The minimum Gasteiger partial charge on any atom is -0.370 e. The zero-order valence-corrected chi connectivity index (χ0v) is 20.2. The Morgan fingerprint density at radius 3 is 2.03 bits per heavy atom. The lowest BCUT2D eigenvalue weighted by Gasteiger charge is -2.16. The topological polar surface area (TPSA) is 109 Å². The predicted octanol–water partition coefficient (Wildman–Crippen LogP) is 3.35. The van der Waals surface area contributed by atoms with Crippen LogP contribution in [0.4, 0.5) is 0 Å². The van der Waals surface area contributed by atoms with Gasteiger partial charge in [0.05, 0.1) is 32.5 Å². The largest absolute Gasteiger partial charge is 0.370 e. The first kappa shape index (κ1) is 22.8. The van der Waals surface area contributed by atoms with E-state index in [2.05, 4.69) is 10.3 Å². The van der Waals surface area contributed by atoms with Crippen LogP contribution in [0.25, 0.3) is 21.1 Å². The van der Waals surface area contributed by atoms with Crippen LogP contribution in [0.5, 0.6) is 0 Å². The molecular formula is C24H23N5O5S. The Kier molecular flexibility index (Phi) is 5.85. The van der Waals surface area contributed by atoms with Crippen LogP contribution in [0, 0.1) is 0 Å². The van der Waals surface area contributed by atoms with Crippen molar-refractivity contribution in [1.82, 2.24) is 13.7 Å². The molecule has 0 aliphatic carbocycles. The van der Waals surface area contributed by atoms with Crippen molar-refractivity contribution in [3.63, 3.8) is 0 Å². The molecule has 4 aromatic rings. The van der Waals surface area contributed by atoms with E-state index in [0.717, 1.165) is 26.2 Å². The van der Waals surface area contributed by atoms with Crippen molar-refractivity contribution in [3.8, 4) is 0 Å². The Morgan fingerprint density at radius 2 is 1.40 bits per heavy atom. The molecule has 0 amide bonds. The first-order chi connectivity index (χ1) is 16.8. The molecule has 0 fully saturated rings. The van der Waals surface area contributed by atoms with Gasteiger partial charge in [-0.25, -0.2) is 4.79 Å². The van der Waals surface area contributed by atoms with Gasteiger partial charge in [0.2, 0.25) is 12.5 Å². The van der Waals surface area contributed by atoms with Gasteiger partial charge in [-0.1, -0.05) is 45.9 Å². The van der Waals surface area contributed by atoms with Crippen molar-refractivity contribution in [2.45, 2.75) is 39.1 Å². The standard InChI is InChI=1S/C13H13N3O3.C11H10N2O2S/c1-8-7-11(19-14-8)16-10-6-4-3-5-9(10)12(17)15(2)13(16)18;1-7-6-10(15-12-7)13-8-4-2-3-5-9(8)16-11(13)14/h3-6,11H,7H2,1-2H3;2-5,10H,6H2,1H3. The molecule has 2 aromatic carbocycles. The molecule has 2 atom stereocenters. The van der Waals surface area contributed by atoms with Crippen LogP contribution in [0.3, 0.4) is 0 Å². The molecule has 35 heavy (non-hydrogen) atoms. The molecule has 0 saturated heterocycles. The second-order valence-corrected chi connectivity index (χ2v) is 9.41. The molecule has 0 bridgehead atoms. The van der Waals surface area contributed by atoms with Gasteiger partial charge in [-0.05, 0) is 38.1 Å². The van der Waals surface area contributed by atoms with Crippen molar-refractivity contribution >= 4 is 43.9 Å². The summed E-state index contributed by atoms with van der Waals surface area (Å²) < 4.78 is 5.25. The summed E-state index contributed by atoms with van der Waals surface area (Å²) in [5.41, 5.74) is 2.56. The maximum absolute atomic E-state index is 12.3. The van der Waals surface area contributed by atoms with Gasteiger partial charge in [0.15, 0.2) is 0 Å². The van der Waals surface area contributed by atoms with E-state index in [0.29, 0.717) is 23.7 Å². The summed E-state index contributed by atoms with van der Waals surface area (Å²) in [7, 11) is 1.47. The number of nitrogens with zero attached hydrogens (tertiary/aromatic N) is 5. The Bertz CT molecular complexity index is 1680. The summed E-state index contributed by atoms with van der Waals surface area (Å²) in [5, 5.41) is 8.24. The Labute approximate surface area is 202 Å². The quantitative estimate of drug-likeness (QED) is 0.425. The number of para-hydroxylation sites is 2. The normalized spacial score (nSPS) is 19.1. The fraction of sp³-hybridized carbons (Fsp3) is 0.292. The van der Waals surface area contributed by atoms with E-state index in [4.69, 9.17) is 9.68 Å². The van der Waals surface area contributed by atoms with Gasteiger partial charge < -0.3 is 9.68 Å². The lowest BCUT2D eigenvalue weighted by Crippen LogP contribution is -2.39. The van der Waals surface area contributed by atoms with Crippen molar-refractivity contribution in [3.05, 3.63) is 79.0 Å². The van der Waals surface area contributed by atoms with E-state index in [1.807, 2.05) is 38.1 Å². The van der Waals surface area contributed by atoms with Gasteiger partial charge in [-0.15, -0.1) is 0 Å². The zero-order chi connectivity index (χ0) is 24.7. The van der Waals surface area contributed by atoms with Gasteiger partial charge in [0.1, 0.15) is 0 Å². The Balaban J connectivity index is 0.000000147. The van der Waals surface area contributed by atoms with E-state index in [-0.39, 0.29) is 16.7 Å². The summed E-state index contributed by atoms with van der Waals surface area (Å²) in [6.45, 7) is 3.74. The molecule has 0 spiro atoms. The average Bonchev–Trinajstić information content (AvgIpc) is 3.56. The second-order valence-electron chi connectivity index (χ2n) is 8.42. The van der Waals surface area contributed by atoms with Gasteiger partial charge in [0, 0.05) is 19.9 Å². The smallest absolute Gasteiger partial charge is 0.334 e. The van der Waals surface area contributed by atoms with E-state index in [1.165, 1.54) is 23.0 Å². The number of fused-ring (bicyclic) bond motifs is 2. The van der Waals surface area contributed by atoms with E-state index >= 15 is 0 Å². The Morgan fingerprint density at radius 1 is 0.829 bits per heavy atom. The van der Waals surface area contributed by atoms with Crippen molar-refractivity contribution in [1.29, 1.82) is 0 Å². The minimum atomic E-state index is -0.482. The molecule has 0 saturated carbocycles. The number of thiazole rings is 1. The zero-order valence-electron chi connectivity index (χ0n) is 19.4. The number of aromatic nitrogens is 3. The SMILES string of the molecule is CC1=NOC(n2c(=O)n(C)c(=O)c3ccccc32)C1.CC1=NOC(n2c(=O)sc3ccccc32)C1. The maximum Gasteiger partial charge on any atom is 0.334 e. The molecular weight excluding hydrogens is 470 g/mol. The molecule has 0 radical (unpaired) electrons. The van der Waals surface area contributed by atoms with Crippen LogP contribution < -0.4 is 16.1 Å². The van der Waals surface area contributed by atoms with Crippen molar-refractivity contribution in [2.24, 2.45) is 17.4 Å². The fourth-order valence-corrected chi connectivity index (χ4v) is 5.08. The average molecular weight is 494 g/mol. The molecule has 11 heteroatoms.